The lowest BCUT2D eigenvalue weighted by Gasteiger charge is -2.44. The Bertz CT molecular complexity index is 1100. The molecular weight excluding hydrogens is 448 g/mol. The lowest BCUT2D eigenvalue weighted by molar-refractivity contribution is -0.394. The van der Waals surface area contributed by atoms with Crippen LogP contribution in [0.15, 0.2) is 48.5 Å². The second-order valence-corrected chi connectivity index (χ2v) is 8.30. The molecule has 34 heavy (non-hydrogen) atoms. The predicted molar refractivity (Wildman–Crippen MR) is 117 cm³/mol. The normalized spacial score (nSPS) is 19.8. The highest BCUT2D eigenvalue weighted by atomic mass is 16.6. The zero-order valence-electron chi connectivity index (χ0n) is 18.0. The van der Waals surface area contributed by atoms with Crippen molar-refractivity contribution in [3.8, 4) is 0 Å². The van der Waals surface area contributed by atoms with Gasteiger partial charge in [0.1, 0.15) is 5.72 Å². The predicted octanol–water partition coefficient (Wildman–Crippen LogP) is 2.42. The van der Waals surface area contributed by atoms with Crippen LogP contribution in [0.25, 0.3) is 0 Å². The molecule has 2 aliphatic rings. The zero-order valence-corrected chi connectivity index (χ0v) is 18.0. The lowest BCUT2D eigenvalue weighted by atomic mass is 9.96. The topological polar surface area (TPSA) is 156 Å². The number of carboxylic acids is 1. The molecule has 12 heteroatoms. The highest BCUT2D eigenvalue weighted by Gasteiger charge is 2.54. The monoisotopic (exact) mass is 470 g/mol. The van der Waals surface area contributed by atoms with Gasteiger partial charge in [0.05, 0.1) is 28.1 Å². The molecule has 0 aromatic heterocycles. The number of nitrogens with zero attached hydrogens (tertiary/aromatic N) is 4. The Balaban J connectivity index is 1.62. The van der Waals surface area contributed by atoms with Crippen LogP contribution in [0.3, 0.4) is 0 Å². The van der Waals surface area contributed by atoms with Crippen molar-refractivity contribution in [3.05, 3.63) is 79.9 Å². The summed E-state index contributed by atoms with van der Waals surface area (Å²) in [5.74, 6) is -2.13. The second-order valence-electron chi connectivity index (χ2n) is 8.30. The molecule has 12 nitrogen and oxygen atoms in total. The highest BCUT2D eigenvalue weighted by molar-refractivity contribution is 5.98. The maximum absolute atomic E-state index is 13.5. The van der Waals surface area contributed by atoms with Crippen LogP contribution < -0.4 is 0 Å². The Morgan fingerprint density at radius 2 is 1.62 bits per heavy atom. The summed E-state index contributed by atoms with van der Waals surface area (Å²) in [5, 5.41) is 32.2. The largest absolute Gasteiger partial charge is 0.480 e. The van der Waals surface area contributed by atoms with E-state index in [1.807, 2.05) is 30.3 Å². The van der Waals surface area contributed by atoms with Crippen LogP contribution in [-0.4, -0.2) is 68.1 Å². The molecule has 2 aliphatic heterocycles. The first-order valence-electron chi connectivity index (χ1n) is 10.6. The number of carbonyl (C=O) groups excluding carboxylic acids is 1. The van der Waals surface area contributed by atoms with E-state index in [9.17, 15) is 34.9 Å². The Kier molecular flexibility index (Phi) is 6.26. The molecule has 1 amide bonds. The molecule has 2 saturated heterocycles. The number of benzene rings is 2. The van der Waals surface area contributed by atoms with E-state index in [2.05, 4.69) is 4.90 Å². The molecule has 0 unspecified atom stereocenters. The summed E-state index contributed by atoms with van der Waals surface area (Å²) in [6, 6.07) is 11.1. The van der Waals surface area contributed by atoms with Crippen molar-refractivity contribution in [2.75, 3.05) is 19.7 Å². The number of amides is 1. The smallest absolute Gasteiger partial charge is 0.328 e. The molecule has 178 valence electrons. The van der Waals surface area contributed by atoms with E-state index in [-0.39, 0.29) is 12.2 Å². The standard InChI is InChI=1S/C22H22N4O8/c27-20(16-10-17(25(30)31)12-18(11-16)26(32)33)24-19(21(28)29)14-34-22(24)6-8-23(9-7-22)13-15-4-2-1-3-5-15/h1-5,10-12,19H,6-9,13-14H2,(H,28,29)/t19-/m1/s1. The fourth-order valence-electron chi connectivity index (χ4n) is 4.53. The molecule has 2 aromatic carbocycles. The third-order valence-corrected chi connectivity index (χ3v) is 6.22. The minimum Gasteiger partial charge on any atom is -0.480 e. The lowest BCUT2D eigenvalue weighted by Crippen LogP contribution is -2.58. The van der Waals surface area contributed by atoms with Crippen molar-refractivity contribution in [2.45, 2.75) is 31.2 Å². The van der Waals surface area contributed by atoms with Gasteiger partial charge in [-0.05, 0) is 5.56 Å². The van der Waals surface area contributed by atoms with Crippen molar-refractivity contribution < 1.29 is 29.3 Å². The van der Waals surface area contributed by atoms with Gasteiger partial charge in [-0.1, -0.05) is 30.3 Å². The number of ether oxygens (including phenoxy) is 1. The maximum atomic E-state index is 13.5. The van der Waals surface area contributed by atoms with Gasteiger partial charge in [-0.15, -0.1) is 0 Å². The number of hydrogen-bond acceptors (Lipinski definition) is 8. The van der Waals surface area contributed by atoms with Crippen LogP contribution in [0.2, 0.25) is 0 Å². The third kappa shape index (κ3) is 4.45. The summed E-state index contributed by atoms with van der Waals surface area (Å²) in [5.41, 5.74) is -1.69. The molecular formula is C22H22N4O8. The second kappa shape index (κ2) is 9.15. The molecule has 1 atom stereocenters. The Morgan fingerprint density at radius 1 is 1.03 bits per heavy atom. The van der Waals surface area contributed by atoms with Crippen LogP contribution in [0.1, 0.15) is 28.8 Å². The van der Waals surface area contributed by atoms with Crippen molar-refractivity contribution in [1.82, 2.24) is 9.80 Å². The van der Waals surface area contributed by atoms with E-state index >= 15 is 0 Å². The molecule has 0 radical (unpaired) electrons. The molecule has 1 N–H and O–H groups in total. The number of nitro groups is 2. The van der Waals surface area contributed by atoms with Gasteiger partial charge in [0.15, 0.2) is 6.04 Å². The van der Waals surface area contributed by atoms with Crippen molar-refractivity contribution in [3.63, 3.8) is 0 Å². The van der Waals surface area contributed by atoms with E-state index in [0.717, 1.165) is 28.7 Å². The van der Waals surface area contributed by atoms with Crippen molar-refractivity contribution in [1.29, 1.82) is 0 Å². The first-order valence-corrected chi connectivity index (χ1v) is 10.6. The van der Waals surface area contributed by atoms with E-state index in [0.29, 0.717) is 32.5 Å². The highest BCUT2D eigenvalue weighted by Crippen LogP contribution is 2.39. The SMILES string of the molecule is O=C(O)[C@H]1COC2(CCN(Cc3ccccc3)CC2)N1C(=O)c1cc([N+](=O)[O-])cc([N+](=O)[O-])c1. The number of piperidine rings is 1. The minimum absolute atomic E-state index is 0.239. The minimum atomic E-state index is -1.31. The average Bonchev–Trinajstić information content (AvgIpc) is 3.19. The molecule has 0 bridgehead atoms. The van der Waals surface area contributed by atoms with Crippen molar-refractivity contribution in [2.24, 2.45) is 0 Å². The van der Waals surface area contributed by atoms with Crippen LogP contribution in [0.5, 0.6) is 0 Å². The van der Waals surface area contributed by atoms with Crippen LogP contribution in [0.4, 0.5) is 11.4 Å². The van der Waals surface area contributed by atoms with Crippen LogP contribution in [0, 0.1) is 20.2 Å². The number of aliphatic carboxylic acids is 1. The Labute approximate surface area is 193 Å². The van der Waals surface area contributed by atoms with Gasteiger partial charge in [0.2, 0.25) is 0 Å². The van der Waals surface area contributed by atoms with Gasteiger partial charge in [-0.2, -0.15) is 0 Å². The summed E-state index contributed by atoms with van der Waals surface area (Å²) in [7, 11) is 0. The summed E-state index contributed by atoms with van der Waals surface area (Å²) in [6.45, 7) is 1.50. The molecule has 1 spiro atoms. The first kappa shape index (κ1) is 23.3. The Morgan fingerprint density at radius 3 is 2.15 bits per heavy atom. The molecule has 2 heterocycles. The third-order valence-electron chi connectivity index (χ3n) is 6.22. The number of carbonyl (C=O) groups is 2. The van der Waals surface area contributed by atoms with Crippen LogP contribution >= 0.6 is 0 Å². The van der Waals surface area contributed by atoms with Gasteiger partial charge < -0.3 is 9.84 Å². The van der Waals surface area contributed by atoms with E-state index in [1.165, 1.54) is 0 Å². The molecule has 0 saturated carbocycles. The van der Waals surface area contributed by atoms with Gasteiger partial charge in [-0.25, -0.2) is 4.79 Å². The Hall–Kier alpha value is -3.90. The summed E-state index contributed by atoms with van der Waals surface area (Å²) < 4.78 is 5.89. The fraction of sp³-hybridized carbons (Fsp3) is 0.364. The number of nitro benzene ring substituents is 2. The maximum Gasteiger partial charge on any atom is 0.328 e. The van der Waals surface area contributed by atoms with E-state index < -0.39 is 44.9 Å². The average molecular weight is 470 g/mol. The van der Waals surface area contributed by atoms with E-state index in [1.54, 1.807) is 0 Å². The number of rotatable bonds is 6. The van der Waals surface area contributed by atoms with Gasteiger partial charge in [-0.3, -0.25) is 34.8 Å². The first-order chi connectivity index (χ1) is 16.2. The summed E-state index contributed by atoms with van der Waals surface area (Å²) in [6.07, 6.45) is 0.652. The quantitative estimate of drug-likeness (QED) is 0.494. The number of non-ortho nitro benzene ring substituents is 2. The molecule has 2 fully saturated rings. The number of hydrogen-bond donors (Lipinski definition) is 1. The summed E-state index contributed by atoms with van der Waals surface area (Å²) >= 11 is 0. The molecule has 4 rings (SSSR count). The van der Waals surface area contributed by atoms with Gasteiger partial charge in [0.25, 0.3) is 17.3 Å². The van der Waals surface area contributed by atoms with Gasteiger partial charge in [0, 0.05) is 44.6 Å². The number of carboxylic acid groups (broad SMARTS) is 1. The number of likely N-dealkylation sites (tertiary alicyclic amines) is 1. The molecule has 2 aromatic rings. The van der Waals surface area contributed by atoms with Crippen LogP contribution in [-0.2, 0) is 16.1 Å². The molecule has 0 aliphatic carbocycles. The fourth-order valence-corrected chi connectivity index (χ4v) is 4.53. The zero-order chi connectivity index (χ0) is 24.5. The summed E-state index contributed by atoms with van der Waals surface area (Å²) in [4.78, 5) is 49.5. The van der Waals surface area contributed by atoms with E-state index in [4.69, 9.17) is 4.74 Å². The van der Waals surface area contributed by atoms with Crippen molar-refractivity contribution >= 4 is 23.3 Å². The van der Waals surface area contributed by atoms with Gasteiger partial charge >= 0.3 is 5.97 Å².